The molecular weight excluding hydrogens is 302 g/mol. The Morgan fingerprint density at radius 1 is 1.04 bits per heavy atom. The van der Waals surface area contributed by atoms with E-state index in [2.05, 4.69) is 5.32 Å². The van der Waals surface area contributed by atoms with E-state index in [9.17, 15) is 14.7 Å². The first-order chi connectivity index (χ1) is 11.6. The van der Waals surface area contributed by atoms with Gasteiger partial charge in [-0.2, -0.15) is 0 Å². The molecule has 4 nitrogen and oxygen atoms in total. The number of carboxylic acids is 1. The van der Waals surface area contributed by atoms with E-state index in [-0.39, 0.29) is 5.91 Å². The second-order valence-electron chi connectivity index (χ2n) is 6.67. The molecule has 1 aliphatic rings. The molecule has 1 fully saturated rings. The number of nitrogens with one attached hydrogen (secondary N) is 1. The molecule has 0 spiro atoms. The summed E-state index contributed by atoms with van der Waals surface area (Å²) in [5.74, 6) is -0.865. The molecule has 1 amide bonds. The van der Waals surface area contributed by atoms with E-state index < -0.39 is 12.0 Å². The normalized spacial score (nSPS) is 16.7. The zero-order valence-electron chi connectivity index (χ0n) is 13.7. The second kappa shape index (κ2) is 7.47. The third kappa shape index (κ3) is 3.94. The standard InChI is InChI=1S/C20H23NO3/c22-19(17-11-10-15-8-4-5-9-16(15)13-17)21-18(20(23)24)12-14-6-2-1-3-7-14/h4-5,8-11,13-14,18H,1-3,6-7,12H2,(H,21,22)(H,23,24). The number of benzene rings is 2. The van der Waals surface area contributed by atoms with Gasteiger partial charge in [0.25, 0.3) is 5.91 Å². The minimum atomic E-state index is -0.949. The highest BCUT2D eigenvalue weighted by Gasteiger charge is 2.25. The van der Waals surface area contributed by atoms with Crippen LogP contribution in [0.4, 0.5) is 0 Å². The number of hydrogen-bond donors (Lipinski definition) is 2. The molecule has 0 aliphatic heterocycles. The number of carbonyl (C=O) groups is 2. The van der Waals surface area contributed by atoms with Gasteiger partial charge in [-0.05, 0) is 35.2 Å². The maximum Gasteiger partial charge on any atom is 0.326 e. The molecule has 0 bridgehead atoms. The quantitative estimate of drug-likeness (QED) is 0.873. The average molecular weight is 325 g/mol. The van der Waals surface area contributed by atoms with Crippen LogP contribution in [0.5, 0.6) is 0 Å². The fourth-order valence-electron chi connectivity index (χ4n) is 3.55. The van der Waals surface area contributed by atoms with Crippen LogP contribution in [-0.2, 0) is 4.79 Å². The summed E-state index contributed by atoms with van der Waals surface area (Å²) < 4.78 is 0. The Hall–Kier alpha value is -2.36. The van der Waals surface area contributed by atoms with Gasteiger partial charge in [-0.3, -0.25) is 4.79 Å². The lowest BCUT2D eigenvalue weighted by Crippen LogP contribution is -2.42. The van der Waals surface area contributed by atoms with Gasteiger partial charge >= 0.3 is 5.97 Å². The maximum absolute atomic E-state index is 12.5. The van der Waals surface area contributed by atoms with Crippen molar-refractivity contribution in [1.29, 1.82) is 0 Å². The van der Waals surface area contributed by atoms with E-state index in [1.54, 1.807) is 6.07 Å². The molecule has 4 heteroatoms. The topological polar surface area (TPSA) is 66.4 Å². The van der Waals surface area contributed by atoms with Crippen molar-refractivity contribution < 1.29 is 14.7 Å². The van der Waals surface area contributed by atoms with Crippen LogP contribution in [0, 0.1) is 5.92 Å². The third-order valence-electron chi connectivity index (χ3n) is 4.91. The van der Waals surface area contributed by atoms with Crippen LogP contribution in [0.3, 0.4) is 0 Å². The average Bonchev–Trinajstić information content (AvgIpc) is 2.61. The third-order valence-corrected chi connectivity index (χ3v) is 4.91. The Morgan fingerprint density at radius 3 is 2.46 bits per heavy atom. The Morgan fingerprint density at radius 2 is 1.75 bits per heavy atom. The lowest BCUT2D eigenvalue weighted by Gasteiger charge is -2.25. The SMILES string of the molecule is O=C(NC(CC1CCCCC1)C(=O)O)c1ccc2ccccc2c1. The molecule has 0 saturated heterocycles. The lowest BCUT2D eigenvalue weighted by molar-refractivity contribution is -0.139. The molecular formula is C20H23NO3. The predicted molar refractivity (Wildman–Crippen MR) is 94.0 cm³/mol. The molecule has 1 aliphatic carbocycles. The molecule has 3 rings (SSSR count). The fraction of sp³-hybridized carbons (Fsp3) is 0.400. The van der Waals surface area contributed by atoms with Gasteiger partial charge in [0.1, 0.15) is 6.04 Å². The zero-order chi connectivity index (χ0) is 16.9. The first-order valence-corrected chi connectivity index (χ1v) is 8.66. The largest absolute Gasteiger partial charge is 0.480 e. The van der Waals surface area contributed by atoms with Crippen molar-refractivity contribution in [3.8, 4) is 0 Å². The van der Waals surface area contributed by atoms with Crippen LogP contribution < -0.4 is 5.32 Å². The number of amides is 1. The van der Waals surface area contributed by atoms with Gasteiger partial charge in [0.2, 0.25) is 0 Å². The summed E-state index contributed by atoms with van der Waals surface area (Å²) in [5.41, 5.74) is 0.503. The van der Waals surface area contributed by atoms with Gasteiger partial charge in [0.05, 0.1) is 0 Å². The smallest absolute Gasteiger partial charge is 0.326 e. The van der Waals surface area contributed by atoms with Crippen molar-refractivity contribution in [1.82, 2.24) is 5.32 Å². The molecule has 2 N–H and O–H groups in total. The highest BCUT2D eigenvalue weighted by atomic mass is 16.4. The van der Waals surface area contributed by atoms with Crippen LogP contribution >= 0.6 is 0 Å². The first-order valence-electron chi connectivity index (χ1n) is 8.66. The van der Waals surface area contributed by atoms with Crippen LogP contribution in [0.2, 0.25) is 0 Å². The zero-order valence-corrected chi connectivity index (χ0v) is 13.7. The predicted octanol–water partition coefficient (Wildman–Crippen LogP) is 3.99. The van der Waals surface area contributed by atoms with Crippen molar-refractivity contribution in [3.63, 3.8) is 0 Å². The van der Waals surface area contributed by atoms with Crippen molar-refractivity contribution >= 4 is 22.6 Å². The van der Waals surface area contributed by atoms with E-state index in [1.165, 1.54) is 6.42 Å². The molecule has 2 aromatic carbocycles. The van der Waals surface area contributed by atoms with E-state index >= 15 is 0 Å². The summed E-state index contributed by atoms with van der Waals surface area (Å²) in [6.45, 7) is 0. The van der Waals surface area contributed by atoms with Crippen LogP contribution in [-0.4, -0.2) is 23.0 Å². The second-order valence-corrected chi connectivity index (χ2v) is 6.67. The van der Waals surface area contributed by atoms with Crippen LogP contribution in [0.25, 0.3) is 10.8 Å². The summed E-state index contributed by atoms with van der Waals surface area (Å²) in [6, 6.07) is 12.4. The first kappa shape index (κ1) is 16.5. The van der Waals surface area contributed by atoms with E-state index in [1.807, 2.05) is 36.4 Å². The maximum atomic E-state index is 12.5. The number of rotatable bonds is 5. The van der Waals surface area contributed by atoms with E-state index in [0.29, 0.717) is 17.9 Å². The summed E-state index contributed by atoms with van der Waals surface area (Å²) in [4.78, 5) is 24.0. The Labute approximate surface area is 141 Å². The Balaban J connectivity index is 1.70. The fourth-order valence-corrected chi connectivity index (χ4v) is 3.55. The highest BCUT2D eigenvalue weighted by Crippen LogP contribution is 2.27. The molecule has 126 valence electrons. The molecule has 1 saturated carbocycles. The number of carboxylic acid groups (broad SMARTS) is 1. The summed E-state index contributed by atoms with van der Waals surface area (Å²) in [7, 11) is 0. The lowest BCUT2D eigenvalue weighted by atomic mass is 9.85. The van der Waals surface area contributed by atoms with Gasteiger partial charge in [0, 0.05) is 5.56 Å². The van der Waals surface area contributed by atoms with Crippen molar-refractivity contribution in [2.24, 2.45) is 5.92 Å². The van der Waals surface area contributed by atoms with Gasteiger partial charge < -0.3 is 10.4 Å². The summed E-state index contributed by atoms with van der Waals surface area (Å²) in [5, 5.41) is 14.2. The number of hydrogen-bond acceptors (Lipinski definition) is 2. The monoisotopic (exact) mass is 325 g/mol. The molecule has 0 heterocycles. The van der Waals surface area contributed by atoms with Crippen LogP contribution in [0.1, 0.15) is 48.9 Å². The number of carbonyl (C=O) groups excluding carboxylic acids is 1. The summed E-state index contributed by atoms with van der Waals surface area (Å²) in [6.07, 6.45) is 6.21. The van der Waals surface area contributed by atoms with E-state index in [4.69, 9.17) is 0 Å². The Bertz CT molecular complexity index is 734. The molecule has 24 heavy (non-hydrogen) atoms. The minimum Gasteiger partial charge on any atom is -0.480 e. The number of fused-ring (bicyclic) bond motifs is 1. The molecule has 2 aromatic rings. The van der Waals surface area contributed by atoms with Crippen molar-refractivity contribution in [2.75, 3.05) is 0 Å². The van der Waals surface area contributed by atoms with Crippen molar-refractivity contribution in [3.05, 3.63) is 48.0 Å². The van der Waals surface area contributed by atoms with E-state index in [0.717, 1.165) is 36.5 Å². The molecule has 1 atom stereocenters. The number of aliphatic carboxylic acids is 1. The van der Waals surface area contributed by atoms with Gasteiger partial charge in [0.15, 0.2) is 0 Å². The highest BCUT2D eigenvalue weighted by molar-refractivity contribution is 6.00. The van der Waals surface area contributed by atoms with Gasteiger partial charge in [-0.25, -0.2) is 4.79 Å². The van der Waals surface area contributed by atoms with Crippen molar-refractivity contribution in [2.45, 2.75) is 44.6 Å². The summed E-state index contributed by atoms with van der Waals surface area (Å²) >= 11 is 0. The molecule has 0 radical (unpaired) electrons. The Kier molecular flexibility index (Phi) is 5.14. The van der Waals surface area contributed by atoms with Gasteiger partial charge in [-0.15, -0.1) is 0 Å². The molecule has 1 unspecified atom stereocenters. The van der Waals surface area contributed by atoms with Gasteiger partial charge in [-0.1, -0.05) is 62.4 Å². The van der Waals surface area contributed by atoms with Crippen LogP contribution in [0.15, 0.2) is 42.5 Å². The molecule has 0 aromatic heterocycles. The minimum absolute atomic E-state index is 0.316.